The zero-order valence-electron chi connectivity index (χ0n) is 41.2. The van der Waals surface area contributed by atoms with Gasteiger partial charge < -0.3 is 57.6 Å². The number of hydrogen-bond donors (Lipinski definition) is 2. The summed E-state index contributed by atoms with van der Waals surface area (Å²) in [5.41, 5.74) is -2.38. The second-order valence-corrected chi connectivity index (χ2v) is 21.3. The molecule has 2 aromatic rings. The Morgan fingerprint density at radius 1 is 0.924 bits per heavy atom. The number of methoxy groups -OCH3 is 2. The van der Waals surface area contributed by atoms with Gasteiger partial charge in [0.25, 0.3) is 0 Å². The highest BCUT2D eigenvalue weighted by molar-refractivity contribution is 8.00. The van der Waals surface area contributed by atoms with Crippen LogP contribution in [-0.2, 0) is 58.8 Å². The Morgan fingerprint density at radius 2 is 1.62 bits per heavy atom. The zero-order chi connectivity index (χ0) is 48.6. The SMILES string of the molecule is CC[C@H]1OC(=O)[C@H](C)[C@@H](O[C@H]2C[C@@](C)(OC)[C@@H](O)[C@@H](C)O2)[C@H](C)[C@@H](O[C@@H]2O[C@H](C)C[C@H](N(C)C)[C@H]2O)[C@](C)(OC)C[C@@H](C)C(=O)[C@H](C)C2C(SCCn3cnc4cncnc43)C(=O)O[C@@]21C. The van der Waals surface area contributed by atoms with E-state index in [4.69, 9.17) is 37.9 Å². The summed E-state index contributed by atoms with van der Waals surface area (Å²) >= 11 is 1.39. The number of likely N-dealkylation sites (N-methyl/N-ethyl adjacent to an activating group) is 1. The fourth-order valence-electron chi connectivity index (χ4n) is 11.2. The average molecular weight is 950 g/mol. The molecule has 19 atom stereocenters. The van der Waals surface area contributed by atoms with Crippen LogP contribution in [0.4, 0.5) is 0 Å². The smallest absolute Gasteiger partial charge is 0.320 e. The minimum Gasteiger partial charge on any atom is -0.458 e. The Bertz CT molecular complexity index is 2000. The molecule has 4 saturated heterocycles. The molecule has 4 fully saturated rings. The van der Waals surface area contributed by atoms with Crippen molar-refractivity contribution in [2.24, 2.45) is 29.6 Å². The number of rotatable bonds is 12. The number of carbonyl (C=O) groups excluding carboxylic acids is 3. The lowest BCUT2D eigenvalue weighted by Crippen LogP contribution is -2.61. The van der Waals surface area contributed by atoms with Crippen molar-refractivity contribution in [2.45, 2.75) is 185 Å². The van der Waals surface area contributed by atoms with Gasteiger partial charge in [0.1, 0.15) is 41.2 Å². The molecule has 0 spiro atoms. The number of aryl methyl sites for hydroxylation is 1. The summed E-state index contributed by atoms with van der Waals surface area (Å²) in [4.78, 5) is 59.0. The Labute approximate surface area is 393 Å². The van der Waals surface area contributed by atoms with E-state index in [2.05, 4.69) is 15.0 Å². The van der Waals surface area contributed by atoms with Crippen LogP contribution in [-0.4, -0.2) is 170 Å². The van der Waals surface area contributed by atoms with Crippen molar-refractivity contribution in [1.29, 1.82) is 0 Å². The first-order valence-electron chi connectivity index (χ1n) is 23.5. The van der Waals surface area contributed by atoms with Crippen LogP contribution in [0.15, 0.2) is 18.9 Å². The molecule has 0 aromatic carbocycles. The van der Waals surface area contributed by atoms with Crippen LogP contribution >= 0.6 is 11.8 Å². The molecule has 0 amide bonds. The quantitative estimate of drug-likeness (QED) is 0.286. The number of ether oxygens (including phenoxy) is 8. The van der Waals surface area contributed by atoms with Crippen molar-refractivity contribution in [2.75, 3.05) is 34.1 Å². The lowest BCUT2D eigenvalue weighted by molar-refractivity contribution is -0.319. The van der Waals surface area contributed by atoms with Gasteiger partial charge in [-0.1, -0.05) is 27.7 Å². The zero-order valence-corrected chi connectivity index (χ0v) is 42.1. The maximum atomic E-state index is 15.1. The number of hydrogen-bond acceptors (Lipinski definition) is 18. The molecule has 0 bridgehead atoms. The Hall–Kier alpha value is -2.85. The Balaban J connectivity index is 1.42. The number of aromatic nitrogens is 4. The van der Waals surface area contributed by atoms with Crippen molar-refractivity contribution in [3.8, 4) is 0 Å². The fraction of sp³-hybridized carbons (Fsp3) is 0.830. The van der Waals surface area contributed by atoms with Crippen molar-refractivity contribution >= 4 is 40.6 Å². The summed E-state index contributed by atoms with van der Waals surface area (Å²) in [6.45, 7) is 18.7. The number of thioether (sulfide) groups is 1. The molecule has 19 heteroatoms. The first kappa shape index (κ1) is 52.5. The van der Waals surface area contributed by atoms with Crippen LogP contribution in [0.1, 0.15) is 94.9 Å². The second kappa shape index (κ2) is 21.0. The Morgan fingerprint density at radius 3 is 2.27 bits per heavy atom. The number of ketones is 1. The first-order chi connectivity index (χ1) is 31.0. The average Bonchev–Trinajstić information content (AvgIpc) is 3.81. The molecular formula is C47H75N5O13S. The summed E-state index contributed by atoms with van der Waals surface area (Å²) in [6.07, 6.45) is -2.11. The number of imidazole rings is 1. The number of aliphatic hydroxyl groups is 2. The van der Waals surface area contributed by atoms with Gasteiger partial charge in [-0.05, 0) is 74.9 Å². The highest BCUT2D eigenvalue weighted by Crippen LogP contribution is 2.49. The minimum atomic E-state index is -1.39. The van der Waals surface area contributed by atoms with E-state index in [0.717, 1.165) is 0 Å². The maximum absolute atomic E-state index is 15.1. The van der Waals surface area contributed by atoms with Gasteiger partial charge in [-0.25, -0.2) is 15.0 Å². The van der Waals surface area contributed by atoms with Crippen LogP contribution in [0.5, 0.6) is 0 Å². The van der Waals surface area contributed by atoms with E-state index < -0.39 is 113 Å². The molecule has 4 aliphatic heterocycles. The van der Waals surface area contributed by atoms with E-state index in [1.54, 1.807) is 47.3 Å². The predicted octanol–water partition coefficient (Wildman–Crippen LogP) is 4.20. The molecule has 4 aliphatic rings. The minimum absolute atomic E-state index is 0.125. The van der Waals surface area contributed by atoms with Gasteiger partial charge in [-0.2, -0.15) is 0 Å². The summed E-state index contributed by atoms with van der Waals surface area (Å²) < 4.78 is 53.6. The number of Topliss-reactive ketones (excluding diaryl/α,β-unsaturated/α-hetero) is 1. The van der Waals surface area contributed by atoms with Gasteiger partial charge in [0.15, 0.2) is 23.8 Å². The standard InChI is InChI=1S/C47H75N5O13S/c1-15-32-47(10)34(38(43(57)65-47)66-17-16-52-23-50-30-21-48-22-49-41(30)52)26(4)35(53)24(2)19-46(9,59-14)40(64-44-36(54)31(51(11)12)18-25(3)60-44)27(5)37(28(6)42(56)62-32)63-33-20-45(8,58-13)39(55)29(7)61-33/h21-29,31-34,36-40,44,54-55H,15-20H2,1-14H3/t24-,25-,26-,27+,28-,29-,31+,32-,33+,34?,36-,37+,38?,39+,40-,44+,45-,46-,47-/m1/s1. The number of fused-ring (bicyclic) bond motifs is 2. The largest absolute Gasteiger partial charge is 0.458 e. The highest BCUT2D eigenvalue weighted by Gasteiger charge is 2.62. The third-order valence-electron chi connectivity index (χ3n) is 15.2. The predicted molar refractivity (Wildman–Crippen MR) is 244 cm³/mol. The van der Waals surface area contributed by atoms with Gasteiger partial charge in [-0.15, -0.1) is 11.8 Å². The second-order valence-electron chi connectivity index (χ2n) is 20.1. The molecule has 0 saturated carbocycles. The number of carbonyl (C=O) groups is 3. The van der Waals surface area contributed by atoms with Crippen molar-refractivity contribution < 1.29 is 62.5 Å². The van der Waals surface area contributed by atoms with Crippen LogP contribution in [0, 0.1) is 29.6 Å². The van der Waals surface area contributed by atoms with Gasteiger partial charge in [0, 0.05) is 62.7 Å². The topological polar surface area (TPSA) is 212 Å². The number of aliphatic hydroxyl groups excluding tert-OH is 2. The normalized spacial score (nSPS) is 43.1. The molecule has 6 heterocycles. The monoisotopic (exact) mass is 950 g/mol. The van der Waals surface area contributed by atoms with E-state index in [1.807, 2.05) is 65.1 Å². The third kappa shape index (κ3) is 10.4. The van der Waals surface area contributed by atoms with Gasteiger partial charge in [-0.3, -0.25) is 14.4 Å². The fourth-order valence-corrected chi connectivity index (χ4v) is 12.6. The van der Waals surface area contributed by atoms with Crippen molar-refractivity contribution in [3.63, 3.8) is 0 Å². The van der Waals surface area contributed by atoms with E-state index in [1.165, 1.54) is 25.2 Å². The molecule has 2 unspecified atom stereocenters. The molecule has 2 N–H and O–H groups in total. The number of nitrogens with zero attached hydrogens (tertiary/aromatic N) is 5. The molecule has 372 valence electrons. The van der Waals surface area contributed by atoms with E-state index in [9.17, 15) is 19.8 Å². The van der Waals surface area contributed by atoms with E-state index in [0.29, 0.717) is 29.9 Å². The lowest BCUT2D eigenvalue weighted by atomic mass is 9.70. The van der Waals surface area contributed by atoms with E-state index in [-0.39, 0.29) is 37.2 Å². The first-order valence-corrected chi connectivity index (χ1v) is 24.5. The molecule has 2 aromatic heterocycles. The number of cyclic esters (lactones) is 1. The Kier molecular flexibility index (Phi) is 16.7. The number of esters is 2. The van der Waals surface area contributed by atoms with Crippen LogP contribution in [0.3, 0.4) is 0 Å². The van der Waals surface area contributed by atoms with Gasteiger partial charge in [0.2, 0.25) is 0 Å². The summed E-state index contributed by atoms with van der Waals surface area (Å²) in [7, 11) is 6.86. The highest BCUT2D eigenvalue weighted by atomic mass is 32.2. The molecule has 0 aliphatic carbocycles. The summed E-state index contributed by atoms with van der Waals surface area (Å²) in [5.74, 6) is -4.59. The van der Waals surface area contributed by atoms with Crippen LogP contribution < -0.4 is 0 Å². The molecular weight excluding hydrogens is 875 g/mol. The van der Waals surface area contributed by atoms with Crippen molar-refractivity contribution in [1.82, 2.24) is 24.4 Å². The van der Waals surface area contributed by atoms with Gasteiger partial charge >= 0.3 is 11.9 Å². The molecule has 6 rings (SSSR count). The maximum Gasteiger partial charge on any atom is 0.320 e. The van der Waals surface area contributed by atoms with Crippen LogP contribution in [0.2, 0.25) is 0 Å². The van der Waals surface area contributed by atoms with Gasteiger partial charge in [0.05, 0.1) is 54.1 Å². The lowest BCUT2D eigenvalue weighted by Gasteiger charge is -2.50. The summed E-state index contributed by atoms with van der Waals surface area (Å²) in [6, 6.07) is -0.297. The molecule has 0 radical (unpaired) electrons. The molecule has 66 heavy (non-hydrogen) atoms. The van der Waals surface area contributed by atoms with Crippen LogP contribution in [0.25, 0.3) is 11.2 Å². The summed E-state index contributed by atoms with van der Waals surface area (Å²) in [5, 5.41) is 22.1. The third-order valence-corrected chi connectivity index (χ3v) is 16.4. The van der Waals surface area contributed by atoms with E-state index >= 15 is 4.79 Å². The van der Waals surface area contributed by atoms with Crippen molar-refractivity contribution in [3.05, 3.63) is 18.9 Å². The molecule has 18 nitrogen and oxygen atoms in total.